The lowest BCUT2D eigenvalue weighted by molar-refractivity contribution is 0.713. The maximum atomic E-state index is 11.2. The first kappa shape index (κ1) is 9.84. The minimum atomic E-state index is -0.193. The maximum Gasteiger partial charge on any atom is 0.291 e. The fourth-order valence-electron chi connectivity index (χ4n) is 1.17. The van der Waals surface area contributed by atoms with Crippen LogP contribution in [0.25, 0.3) is 0 Å². The Morgan fingerprint density at radius 1 is 1.38 bits per heavy atom. The molecule has 0 atom stereocenters. The minimum absolute atomic E-state index is 0.193. The number of unbranched alkanes of at least 4 members (excludes halogenated alkanes) is 2. The second kappa shape index (κ2) is 5.41. The molecule has 0 saturated heterocycles. The lowest BCUT2D eigenvalue weighted by Gasteiger charge is -1.94. The van der Waals surface area contributed by atoms with Crippen molar-refractivity contribution in [2.45, 2.75) is 32.6 Å². The van der Waals surface area contributed by atoms with Crippen LogP contribution in [0.4, 0.5) is 0 Å². The number of hydrogen-bond donors (Lipinski definition) is 0. The van der Waals surface area contributed by atoms with Crippen molar-refractivity contribution in [1.29, 1.82) is 0 Å². The Hall–Kier alpha value is -1.25. The van der Waals surface area contributed by atoms with Crippen LogP contribution in [-0.2, 0) is 6.42 Å². The van der Waals surface area contributed by atoms with Crippen LogP contribution in [0.15, 0.2) is 23.1 Å². The molecule has 0 fully saturated rings. The van der Waals surface area contributed by atoms with Crippen LogP contribution in [-0.4, -0.2) is 10.2 Å². The van der Waals surface area contributed by atoms with Gasteiger partial charge < -0.3 is 0 Å². The summed E-state index contributed by atoms with van der Waals surface area (Å²) in [6.07, 6.45) is 5.72. The average molecular weight is 178 g/mol. The Balaban J connectivity index is 2.67. The van der Waals surface area contributed by atoms with Gasteiger partial charge in [-0.1, -0.05) is 25.8 Å². The molecule has 1 rings (SSSR count). The van der Waals surface area contributed by atoms with Crippen molar-refractivity contribution in [1.82, 2.24) is 10.2 Å². The Kier molecular flexibility index (Phi) is 4.09. The zero-order chi connectivity index (χ0) is 9.52. The topological polar surface area (TPSA) is 42.9 Å². The fourth-order valence-corrected chi connectivity index (χ4v) is 1.17. The quantitative estimate of drug-likeness (QED) is 0.657. The average Bonchev–Trinajstić information content (AvgIpc) is 2.32. The molecule has 0 radical (unpaired) electrons. The van der Waals surface area contributed by atoms with Crippen LogP contribution in [0, 0.1) is 0 Å². The molecule has 0 bridgehead atoms. The summed E-state index contributed by atoms with van der Waals surface area (Å²) in [5, 5.41) is 7.09. The third-order valence-electron chi connectivity index (χ3n) is 1.92. The van der Waals surface area contributed by atoms with Gasteiger partial charge in [-0.2, -0.15) is 5.10 Å². The molecule has 0 aliphatic rings. The molecule has 70 valence electrons. The van der Waals surface area contributed by atoms with E-state index in [4.69, 9.17) is 0 Å². The Morgan fingerprint density at radius 2 is 2.23 bits per heavy atom. The van der Waals surface area contributed by atoms with E-state index in [0.29, 0.717) is 0 Å². The number of rotatable bonds is 4. The summed E-state index contributed by atoms with van der Waals surface area (Å²) >= 11 is 0. The Bertz CT molecular complexity index is 312. The van der Waals surface area contributed by atoms with Gasteiger partial charge in [-0.05, 0) is 18.9 Å². The SMILES string of the molecule is CCCCCc1cccnnc1=O. The highest BCUT2D eigenvalue weighted by molar-refractivity contribution is 5.06. The number of nitrogens with zero attached hydrogens (tertiary/aromatic N) is 2. The summed E-state index contributed by atoms with van der Waals surface area (Å²) in [7, 11) is 0. The van der Waals surface area contributed by atoms with Crippen LogP contribution in [0.5, 0.6) is 0 Å². The van der Waals surface area contributed by atoms with Gasteiger partial charge in [0, 0.05) is 11.8 Å². The van der Waals surface area contributed by atoms with E-state index in [-0.39, 0.29) is 5.56 Å². The van der Waals surface area contributed by atoms with Crippen molar-refractivity contribution in [3.05, 3.63) is 34.2 Å². The molecule has 1 aromatic rings. The van der Waals surface area contributed by atoms with Crippen LogP contribution >= 0.6 is 0 Å². The number of aryl methyl sites for hydroxylation is 1. The highest BCUT2D eigenvalue weighted by atomic mass is 16.1. The molecule has 0 aliphatic heterocycles. The van der Waals surface area contributed by atoms with Crippen LogP contribution in [0.2, 0.25) is 0 Å². The van der Waals surface area contributed by atoms with E-state index >= 15 is 0 Å². The zero-order valence-corrected chi connectivity index (χ0v) is 7.86. The van der Waals surface area contributed by atoms with E-state index in [1.165, 1.54) is 12.6 Å². The lowest BCUT2D eigenvalue weighted by Crippen LogP contribution is -2.09. The molecule has 3 nitrogen and oxygen atoms in total. The van der Waals surface area contributed by atoms with Crippen molar-refractivity contribution in [2.75, 3.05) is 0 Å². The van der Waals surface area contributed by atoms with Gasteiger partial charge in [0.1, 0.15) is 0 Å². The largest absolute Gasteiger partial charge is 0.291 e. The van der Waals surface area contributed by atoms with Crippen molar-refractivity contribution < 1.29 is 0 Å². The van der Waals surface area contributed by atoms with E-state index in [9.17, 15) is 4.79 Å². The summed E-state index contributed by atoms with van der Waals surface area (Å²) in [6.45, 7) is 2.14. The van der Waals surface area contributed by atoms with Crippen molar-refractivity contribution in [3.63, 3.8) is 0 Å². The molecule has 0 aromatic carbocycles. The number of aromatic nitrogens is 2. The summed E-state index contributed by atoms with van der Waals surface area (Å²) < 4.78 is 0. The molecule has 1 aromatic heterocycles. The smallest absolute Gasteiger partial charge is 0.265 e. The summed E-state index contributed by atoms with van der Waals surface area (Å²) in [4.78, 5) is 11.2. The molecular weight excluding hydrogens is 164 g/mol. The van der Waals surface area contributed by atoms with Gasteiger partial charge in [-0.3, -0.25) is 4.79 Å². The fraction of sp³-hybridized carbons (Fsp3) is 0.500. The van der Waals surface area contributed by atoms with Gasteiger partial charge >= 0.3 is 0 Å². The highest BCUT2D eigenvalue weighted by Crippen LogP contribution is 2.00. The molecule has 0 amide bonds. The predicted molar refractivity (Wildman–Crippen MR) is 51.5 cm³/mol. The molecule has 0 N–H and O–H groups in total. The van der Waals surface area contributed by atoms with Gasteiger partial charge in [-0.25, -0.2) is 0 Å². The standard InChI is InChI=1S/C10H14N2O/c1-2-3-4-6-9-7-5-8-11-12-10(9)13/h5,7-8H,2-4,6H2,1H3. The van der Waals surface area contributed by atoms with Gasteiger partial charge in [0.15, 0.2) is 0 Å². The van der Waals surface area contributed by atoms with Crippen LogP contribution < -0.4 is 5.56 Å². The number of hydrogen-bond acceptors (Lipinski definition) is 3. The van der Waals surface area contributed by atoms with E-state index < -0.39 is 0 Å². The first-order chi connectivity index (χ1) is 6.34. The molecule has 13 heavy (non-hydrogen) atoms. The predicted octanol–water partition coefficient (Wildman–Crippen LogP) is 1.57. The van der Waals surface area contributed by atoms with Gasteiger partial charge in [-0.15, -0.1) is 5.10 Å². The lowest BCUT2D eigenvalue weighted by atomic mass is 10.1. The minimum Gasteiger partial charge on any atom is -0.265 e. The second-order valence-corrected chi connectivity index (χ2v) is 3.01. The van der Waals surface area contributed by atoms with E-state index in [2.05, 4.69) is 17.1 Å². The van der Waals surface area contributed by atoms with E-state index in [1.54, 1.807) is 12.1 Å². The first-order valence-corrected chi connectivity index (χ1v) is 4.65. The summed E-state index contributed by atoms with van der Waals surface area (Å²) in [5.41, 5.74) is 0.576. The second-order valence-electron chi connectivity index (χ2n) is 3.01. The first-order valence-electron chi connectivity index (χ1n) is 4.65. The van der Waals surface area contributed by atoms with Crippen LogP contribution in [0.3, 0.4) is 0 Å². The van der Waals surface area contributed by atoms with Crippen molar-refractivity contribution in [2.24, 2.45) is 0 Å². The zero-order valence-electron chi connectivity index (χ0n) is 7.86. The molecule has 0 unspecified atom stereocenters. The Labute approximate surface area is 77.8 Å². The Morgan fingerprint density at radius 3 is 3.00 bits per heavy atom. The third-order valence-corrected chi connectivity index (χ3v) is 1.92. The van der Waals surface area contributed by atoms with E-state index in [1.807, 2.05) is 0 Å². The normalized spacial score (nSPS) is 9.92. The maximum absolute atomic E-state index is 11.2. The van der Waals surface area contributed by atoms with Gasteiger partial charge in [0.25, 0.3) is 5.56 Å². The molecule has 0 saturated carbocycles. The van der Waals surface area contributed by atoms with Crippen molar-refractivity contribution >= 4 is 0 Å². The highest BCUT2D eigenvalue weighted by Gasteiger charge is 1.96. The molecule has 0 aliphatic carbocycles. The summed E-state index contributed by atoms with van der Waals surface area (Å²) in [6, 6.07) is 3.56. The third kappa shape index (κ3) is 3.32. The summed E-state index contributed by atoms with van der Waals surface area (Å²) in [5.74, 6) is 0. The van der Waals surface area contributed by atoms with E-state index in [0.717, 1.165) is 24.8 Å². The molecule has 1 heterocycles. The van der Waals surface area contributed by atoms with Crippen molar-refractivity contribution in [3.8, 4) is 0 Å². The molecular formula is C10H14N2O. The molecule has 0 spiro atoms. The monoisotopic (exact) mass is 178 g/mol. The molecule has 3 heteroatoms. The van der Waals surface area contributed by atoms with Crippen LogP contribution in [0.1, 0.15) is 31.7 Å². The van der Waals surface area contributed by atoms with Gasteiger partial charge in [0.2, 0.25) is 0 Å². The van der Waals surface area contributed by atoms with Gasteiger partial charge in [0.05, 0.1) is 0 Å².